The Balaban J connectivity index is 1.78. The highest BCUT2D eigenvalue weighted by Gasteiger charge is 2.27. The molecule has 1 atom stereocenters. The van der Waals surface area contributed by atoms with Gasteiger partial charge in [0, 0.05) is 38.3 Å². The van der Waals surface area contributed by atoms with Crippen LogP contribution in [0.2, 0.25) is 0 Å². The number of piperidine rings is 2. The van der Waals surface area contributed by atoms with Crippen LogP contribution in [0, 0.1) is 0 Å². The number of urea groups is 1. The van der Waals surface area contributed by atoms with Gasteiger partial charge in [0.1, 0.15) is 0 Å². The molecule has 0 aromatic rings. The average Bonchev–Trinajstić information content (AvgIpc) is 2.49. The molecule has 1 N–H and O–H groups in total. The maximum atomic E-state index is 12.4. The quantitative estimate of drug-likeness (QED) is 0.803. The molecule has 0 aromatic carbocycles. The molecule has 4 nitrogen and oxygen atoms in total. The first-order valence-electron chi connectivity index (χ1n) is 8.15. The second-order valence-corrected chi connectivity index (χ2v) is 6.06. The van der Waals surface area contributed by atoms with Crippen molar-refractivity contribution in [2.45, 2.75) is 57.5 Å². The summed E-state index contributed by atoms with van der Waals surface area (Å²) in [6.07, 6.45) is 8.74. The Morgan fingerprint density at radius 3 is 2.65 bits per heavy atom. The lowest BCUT2D eigenvalue weighted by molar-refractivity contribution is 0.138. The number of likely N-dealkylation sites (tertiary alicyclic amines) is 2. The first kappa shape index (κ1) is 15.4. The lowest BCUT2D eigenvalue weighted by atomic mass is 10.0. The van der Waals surface area contributed by atoms with Crippen molar-refractivity contribution in [1.82, 2.24) is 15.1 Å². The third-order valence-electron chi connectivity index (χ3n) is 4.66. The van der Waals surface area contributed by atoms with E-state index in [0.717, 1.165) is 51.9 Å². The second-order valence-electron chi connectivity index (χ2n) is 6.06. The summed E-state index contributed by atoms with van der Waals surface area (Å²) < 4.78 is 0. The van der Waals surface area contributed by atoms with Gasteiger partial charge in [-0.1, -0.05) is 13.0 Å². The maximum Gasteiger partial charge on any atom is 0.317 e. The number of nitrogens with one attached hydrogen (secondary N) is 1. The lowest BCUT2D eigenvalue weighted by Crippen LogP contribution is -2.53. The van der Waals surface area contributed by atoms with E-state index in [1.54, 1.807) is 0 Å². The van der Waals surface area contributed by atoms with Crippen LogP contribution in [-0.2, 0) is 0 Å². The Morgan fingerprint density at radius 2 is 2.00 bits per heavy atom. The summed E-state index contributed by atoms with van der Waals surface area (Å²) in [7, 11) is 0. The van der Waals surface area contributed by atoms with E-state index < -0.39 is 0 Å². The number of carbonyl (C=O) groups excluding carboxylic acids is 1. The fourth-order valence-corrected chi connectivity index (χ4v) is 3.39. The van der Waals surface area contributed by atoms with Gasteiger partial charge in [-0.25, -0.2) is 4.79 Å². The van der Waals surface area contributed by atoms with Gasteiger partial charge < -0.3 is 10.2 Å². The standard InChI is InChI=1S/C16H29N3O/c1-3-10-18-12-8-14(9-13-18)17-16(20)19-11-6-5-7-15(19)4-2/h3,14-15H,1,4-13H2,2H3,(H,17,20). The summed E-state index contributed by atoms with van der Waals surface area (Å²) in [6.45, 7) is 9.99. The van der Waals surface area contributed by atoms with Crippen molar-refractivity contribution >= 4 is 6.03 Å². The van der Waals surface area contributed by atoms with E-state index in [2.05, 4.69) is 28.6 Å². The van der Waals surface area contributed by atoms with Crippen molar-refractivity contribution in [3.8, 4) is 0 Å². The van der Waals surface area contributed by atoms with E-state index in [4.69, 9.17) is 0 Å². The van der Waals surface area contributed by atoms with Crippen LogP contribution in [0.5, 0.6) is 0 Å². The number of rotatable bonds is 4. The first-order chi connectivity index (χ1) is 9.74. The SMILES string of the molecule is C=CCN1CCC(NC(=O)N2CCCCC2CC)CC1. The van der Waals surface area contributed by atoms with Gasteiger partial charge in [0.05, 0.1) is 0 Å². The van der Waals surface area contributed by atoms with E-state index in [1.165, 1.54) is 12.8 Å². The van der Waals surface area contributed by atoms with E-state index in [9.17, 15) is 4.79 Å². The number of carbonyl (C=O) groups is 1. The number of hydrogen-bond donors (Lipinski definition) is 1. The van der Waals surface area contributed by atoms with Crippen LogP contribution in [0.3, 0.4) is 0 Å². The van der Waals surface area contributed by atoms with Crippen molar-refractivity contribution in [3.63, 3.8) is 0 Å². The molecular weight excluding hydrogens is 250 g/mol. The molecule has 0 aliphatic carbocycles. The van der Waals surface area contributed by atoms with Crippen LogP contribution < -0.4 is 5.32 Å². The zero-order valence-corrected chi connectivity index (χ0v) is 12.8. The van der Waals surface area contributed by atoms with Crippen molar-refractivity contribution in [2.75, 3.05) is 26.2 Å². The van der Waals surface area contributed by atoms with Gasteiger partial charge in [-0.2, -0.15) is 0 Å². The zero-order valence-electron chi connectivity index (χ0n) is 12.8. The molecule has 114 valence electrons. The third-order valence-corrected chi connectivity index (χ3v) is 4.66. The Hall–Kier alpha value is -1.03. The van der Waals surface area contributed by atoms with Crippen LogP contribution in [-0.4, -0.2) is 54.1 Å². The fraction of sp³-hybridized carbons (Fsp3) is 0.812. The minimum atomic E-state index is 0.165. The minimum absolute atomic E-state index is 0.165. The fourth-order valence-electron chi connectivity index (χ4n) is 3.39. The summed E-state index contributed by atoms with van der Waals surface area (Å²) in [5.74, 6) is 0. The molecule has 2 heterocycles. The Morgan fingerprint density at radius 1 is 1.25 bits per heavy atom. The third kappa shape index (κ3) is 3.98. The Kier molecular flexibility index (Phi) is 5.89. The van der Waals surface area contributed by atoms with Gasteiger partial charge >= 0.3 is 6.03 Å². The predicted molar refractivity (Wildman–Crippen MR) is 82.8 cm³/mol. The van der Waals surface area contributed by atoms with E-state index in [1.807, 2.05) is 6.08 Å². The molecule has 0 spiro atoms. The van der Waals surface area contributed by atoms with Gasteiger partial charge in [0.2, 0.25) is 0 Å². The smallest absolute Gasteiger partial charge is 0.317 e. The van der Waals surface area contributed by atoms with Gasteiger partial charge in [-0.15, -0.1) is 6.58 Å². The van der Waals surface area contributed by atoms with Crippen LogP contribution in [0.25, 0.3) is 0 Å². The highest BCUT2D eigenvalue weighted by molar-refractivity contribution is 5.75. The van der Waals surface area contributed by atoms with Crippen molar-refractivity contribution in [2.24, 2.45) is 0 Å². The zero-order chi connectivity index (χ0) is 14.4. The summed E-state index contributed by atoms with van der Waals surface area (Å²) >= 11 is 0. The summed E-state index contributed by atoms with van der Waals surface area (Å²) in [4.78, 5) is 16.9. The Bertz CT molecular complexity index is 324. The molecule has 20 heavy (non-hydrogen) atoms. The molecule has 2 aliphatic heterocycles. The highest BCUT2D eigenvalue weighted by Crippen LogP contribution is 2.20. The van der Waals surface area contributed by atoms with Gasteiger partial charge in [0.15, 0.2) is 0 Å². The van der Waals surface area contributed by atoms with E-state index in [0.29, 0.717) is 12.1 Å². The topological polar surface area (TPSA) is 35.6 Å². The lowest BCUT2D eigenvalue weighted by Gasteiger charge is -2.38. The molecule has 0 radical (unpaired) electrons. The molecule has 0 aromatic heterocycles. The normalized spacial score (nSPS) is 25.4. The largest absolute Gasteiger partial charge is 0.335 e. The molecule has 0 saturated carbocycles. The molecule has 0 bridgehead atoms. The van der Waals surface area contributed by atoms with Crippen LogP contribution in [0.15, 0.2) is 12.7 Å². The maximum absolute atomic E-state index is 12.4. The molecule has 1 unspecified atom stereocenters. The number of nitrogens with zero attached hydrogens (tertiary/aromatic N) is 2. The molecule has 2 saturated heterocycles. The van der Waals surface area contributed by atoms with Crippen LogP contribution >= 0.6 is 0 Å². The Labute approximate surface area is 123 Å². The molecular formula is C16H29N3O. The predicted octanol–water partition coefficient (Wildman–Crippen LogP) is 2.61. The van der Waals surface area contributed by atoms with Crippen LogP contribution in [0.4, 0.5) is 4.79 Å². The number of amides is 2. The van der Waals surface area contributed by atoms with E-state index in [-0.39, 0.29) is 6.03 Å². The summed E-state index contributed by atoms with van der Waals surface area (Å²) in [5, 5.41) is 3.25. The summed E-state index contributed by atoms with van der Waals surface area (Å²) in [5.41, 5.74) is 0. The minimum Gasteiger partial charge on any atom is -0.335 e. The summed E-state index contributed by atoms with van der Waals surface area (Å²) in [6, 6.07) is 0.964. The van der Waals surface area contributed by atoms with Crippen molar-refractivity contribution in [1.29, 1.82) is 0 Å². The van der Waals surface area contributed by atoms with Crippen molar-refractivity contribution < 1.29 is 4.79 Å². The molecule has 2 aliphatic rings. The first-order valence-corrected chi connectivity index (χ1v) is 8.15. The molecule has 2 fully saturated rings. The molecule has 2 amide bonds. The van der Waals surface area contributed by atoms with Crippen LogP contribution in [0.1, 0.15) is 45.4 Å². The van der Waals surface area contributed by atoms with Gasteiger partial charge in [-0.05, 0) is 38.5 Å². The number of hydrogen-bond acceptors (Lipinski definition) is 2. The highest BCUT2D eigenvalue weighted by atomic mass is 16.2. The van der Waals surface area contributed by atoms with Gasteiger partial charge in [-0.3, -0.25) is 4.90 Å². The monoisotopic (exact) mass is 279 g/mol. The van der Waals surface area contributed by atoms with Crippen molar-refractivity contribution in [3.05, 3.63) is 12.7 Å². The molecule has 4 heteroatoms. The van der Waals surface area contributed by atoms with E-state index >= 15 is 0 Å². The molecule has 2 rings (SSSR count). The average molecular weight is 279 g/mol. The second kappa shape index (κ2) is 7.67. The van der Waals surface area contributed by atoms with Gasteiger partial charge in [0.25, 0.3) is 0 Å².